The van der Waals surface area contributed by atoms with E-state index in [9.17, 15) is 8.42 Å². The van der Waals surface area contributed by atoms with E-state index < -0.39 is 10.2 Å². The third kappa shape index (κ3) is 2.92. The quantitative estimate of drug-likeness (QED) is 0.802. The largest absolute Gasteiger partial charge is 0.354 e. The number of pyridine rings is 1. The predicted molar refractivity (Wildman–Crippen MR) is 82.4 cm³/mol. The summed E-state index contributed by atoms with van der Waals surface area (Å²) in [6, 6.07) is 5.67. The van der Waals surface area contributed by atoms with Crippen LogP contribution >= 0.6 is 0 Å². The average Bonchev–Trinajstić information content (AvgIpc) is 3.39. The molecule has 7 nitrogen and oxygen atoms in total. The summed E-state index contributed by atoms with van der Waals surface area (Å²) in [7, 11) is -1.69. The number of hydrogen-bond donors (Lipinski definition) is 0. The lowest BCUT2D eigenvalue weighted by atomic mass is 10.2. The van der Waals surface area contributed by atoms with Gasteiger partial charge in [-0.15, -0.1) is 0 Å². The monoisotopic (exact) mass is 321 g/mol. The first-order valence-electron chi connectivity index (χ1n) is 7.36. The van der Waals surface area contributed by atoms with Crippen LogP contribution in [0.3, 0.4) is 0 Å². The van der Waals surface area contributed by atoms with Gasteiger partial charge in [0, 0.05) is 45.5 Å². The van der Waals surface area contributed by atoms with Crippen molar-refractivity contribution in [1.82, 2.24) is 13.6 Å². The van der Waals surface area contributed by atoms with Gasteiger partial charge in [-0.25, -0.2) is 4.98 Å². The lowest BCUT2D eigenvalue weighted by molar-refractivity contribution is 0.339. The van der Waals surface area contributed by atoms with E-state index in [-0.39, 0.29) is 6.04 Å². The van der Waals surface area contributed by atoms with Gasteiger partial charge in [0.25, 0.3) is 10.2 Å². The van der Waals surface area contributed by atoms with E-state index in [1.54, 1.807) is 25.4 Å². The minimum absolute atomic E-state index is 0.178. The van der Waals surface area contributed by atoms with Gasteiger partial charge in [0.2, 0.25) is 0 Å². The molecule has 1 aliphatic carbocycles. The van der Waals surface area contributed by atoms with Gasteiger partial charge in [-0.3, -0.25) is 0 Å². The van der Waals surface area contributed by atoms with Gasteiger partial charge >= 0.3 is 0 Å². The number of aromatic nitrogens is 1. The maximum Gasteiger partial charge on any atom is 0.282 e. The summed E-state index contributed by atoms with van der Waals surface area (Å²) in [5, 5.41) is 8.94. The molecule has 1 saturated heterocycles. The van der Waals surface area contributed by atoms with E-state index in [0.717, 1.165) is 18.7 Å². The molecule has 1 aromatic heterocycles. The second kappa shape index (κ2) is 5.83. The van der Waals surface area contributed by atoms with E-state index >= 15 is 0 Å². The highest BCUT2D eigenvalue weighted by Gasteiger charge is 2.38. The van der Waals surface area contributed by atoms with Crippen molar-refractivity contribution in [3.8, 4) is 6.07 Å². The second-order valence-electron chi connectivity index (χ2n) is 5.66. The molecule has 3 rings (SSSR count). The molecule has 1 saturated carbocycles. The zero-order valence-electron chi connectivity index (χ0n) is 12.5. The number of piperazine rings is 1. The van der Waals surface area contributed by atoms with Crippen LogP contribution in [0, 0.1) is 11.3 Å². The number of hydrogen-bond acceptors (Lipinski definition) is 5. The van der Waals surface area contributed by atoms with E-state index in [1.165, 1.54) is 8.61 Å². The molecule has 118 valence electrons. The van der Waals surface area contributed by atoms with Crippen molar-refractivity contribution in [3.05, 3.63) is 23.9 Å². The van der Waals surface area contributed by atoms with Crippen molar-refractivity contribution in [2.75, 3.05) is 38.1 Å². The van der Waals surface area contributed by atoms with E-state index in [4.69, 9.17) is 5.26 Å². The van der Waals surface area contributed by atoms with Crippen molar-refractivity contribution >= 4 is 16.0 Å². The predicted octanol–water partition coefficient (Wildman–Crippen LogP) is 0.414. The molecule has 8 heteroatoms. The standard InChI is InChI=1S/C14H19N5O2S/c1-17(13-2-3-13)22(20,21)19-8-6-18(7-9-19)14-10-12(11-15)4-5-16-14/h4-5,10,13H,2-3,6-9H2,1H3. The molecule has 0 N–H and O–H groups in total. The molecule has 0 aromatic carbocycles. The molecule has 1 aromatic rings. The maximum absolute atomic E-state index is 12.5. The van der Waals surface area contributed by atoms with Gasteiger partial charge in [-0.2, -0.15) is 22.3 Å². The highest BCUT2D eigenvalue weighted by molar-refractivity contribution is 7.86. The van der Waals surface area contributed by atoms with Crippen LogP contribution < -0.4 is 4.90 Å². The van der Waals surface area contributed by atoms with Gasteiger partial charge < -0.3 is 4.90 Å². The van der Waals surface area contributed by atoms with Crippen LogP contribution in [0.25, 0.3) is 0 Å². The summed E-state index contributed by atoms with van der Waals surface area (Å²) in [5.41, 5.74) is 0.563. The van der Waals surface area contributed by atoms with Gasteiger partial charge in [0.05, 0.1) is 11.6 Å². The molecule has 0 unspecified atom stereocenters. The van der Waals surface area contributed by atoms with Crippen LogP contribution in [0.4, 0.5) is 5.82 Å². The Hall–Kier alpha value is -1.69. The molecule has 0 radical (unpaired) electrons. The van der Waals surface area contributed by atoms with Gasteiger partial charge in [0.15, 0.2) is 0 Å². The van der Waals surface area contributed by atoms with Gasteiger partial charge in [-0.1, -0.05) is 0 Å². The topological polar surface area (TPSA) is 80.5 Å². The molecular weight excluding hydrogens is 302 g/mol. The molecule has 1 aliphatic heterocycles. The SMILES string of the molecule is CN(C1CC1)S(=O)(=O)N1CCN(c2cc(C#N)ccn2)CC1. The van der Waals surface area contributed by atoms with Crippen LogP contribution in [-0.2, 0) is 10.2 Å². The van der Waals surface area contributed by atoms with Crippen LogP contribution in [0.2, 0.25) is 0 Å². The first-order chi connectivity index (χ1) is 10.5. The maximum atomic E-state index is 12.5. The lowest BCUT2D eigenvalue weighted by Gasteiger charge is -2.36. The Labute approximate surface area is 130 Å². The molecule has 22 heavy (non-hydrogen) atoms. The van der Waals surface area contributed by atoms with Crippen LogP contribution in [0.15, 0.2) is 18.3 Å². The molecule has 0 bridgehead atoms. The summed E-state index contributed by atoms with van der Waals surface area (Å²) < 4.78 is 28.0. The van der Waals surface area contributed by atoms with Crippen molar-refractivity contribution in [2.45, 2.75) is 18.9 Å². The fourth-order valence-corrected chi connectivity index (χ4v) is 4.19. The molecule has 2 fully saturated rings. The Morgan fingerprint density at radius 1 is 1.32 bits per heavy atom. The Balaban J connectivity index is 1.66. The fraction of sp³-hybridized carbons (Fsp3) is 0.571. The van der Waals surface area contributed by atoms with E-state index in [0.29, 0.717) is 31.7 Å². The summed E-state index contributed by atoms with van der Waals surface area (Å²) >= 11 is 0. The number of nitriles is 1. The molecular formula is C14H19N5O2S. The van der Waals surface area contributed by atoms with Crippen LogP contribution in [0.1, 0.15) is 18.4 Å². The number of nitrogens with zero attached hydrogens (tertiary/aromatic N) is 5. The zero-order chi connectivity index (χ0) is 15.7. The van der Waals surface area contributed by atoms with Gasteiger partial charge in [0.1, 0.15) is 5.82 Å². The normalized spacial score (nSPS) is 20.1. The summed E-state index contributed by atoms with van der Waals surface area (Å²) in [5.74, 6) is 0.728. The Morgan fingerprint density at radius 2 is 2.00 bits per heavy atom. The first-order valence-corrected chi connectivity index (χ1v) is 8.76. The third-order valence-corrected chi connectivity index (χ3v) is 6.23. The van der Waals surface area contributed by atoms with Crippen molar-refractivity contribution in [1.29, 1.82) is 5.26 Å². The fourth-order valence-electron chi connectivity index (χ4n) is 2.62. The first kappa shape index (κ1) is 15.2. The number of rotatable bonds is 4. The van der Waals surface area contributed by atoms with Crippen molar-refractivity contribution in [3.63, 3.8) is 0 Å². The van der Waals surface area contributed by atoms with Crippen LogP contribution in [-0.4, -0.2) is 61.3 Å². The Morgan fingerprint density at radius 3 is 2.59 bits per heavy atom. The highest BCUT2D eigenvalue weighted by Crippen LogP contribution is 2.29. The molecule has 0 amide bonds. The van der Waals surface area contributed by atoms with Gasteiger partial charge in [-0.05, 0) is 25.0 Å². The molecule has 2 aliphatic rings. The van der Waals surface area contributed by atoms with Crippen molar-refractivity contribution in [2.24, 2.45) is 0 Å². The van der Waals surface area contributed by atoms with Crippen LogP contribution in [0.5, 0.6) is 0 Å². The highest BCUT2D eigenvalue weighted by atomic mass is 32.2. The smallest absolute Gasteiger partial charge is 0.282 e. The minimum atomic E-state index is -3.35. The summed E-state index contributed by atoms with van der Waals surface area (Å²) in [4.78, 5) is 6.29. The van der Waals surface area contributed by atoms with E-state index in [2.05, 4.69) is 11.1 Å². The minimum Gasteiger partial charge on any atom is -0.354 e. The summed E-state index contributed by atoms with van der Waals surface area (Å²) in [6.07, 6.45) is 3.53. The Kier molecular flexibility index (Phi) is 4.04. The number of anilines is 1. The average molecular weight is 321 g/mol. The molecule has 2 heterocycles. The second-order valence-corrected chi connectivity index (χ2v) is 7.64. The molecule has 0 spiro atoms. The Bertz CT molecular complexity index is 687. The third-order valence-electron chi connectivity index (χ3n) is 4.19. The van der Waals surface area contributed by atoms with E-state index in [1.807, 2.05) is 4.90 Å². The molecule has 0 atom stereocenters. The lowest BCUT2D eigenvalue weighted by Crippen LogP contribution is -2.52. The zero-order valence-corrected chi connectivity index (χ0v) is 13.3. The summed E-state index contributed by atoms with van der Waals surface area (Å²) in [6.45, 7) is 2.05. The van der Waals surface area contributed by atoms with Crippen molar-refractivity contribution < 1.29 is 8.42 Å².